The molecule has 0 radical (unpaired) electrons. The molecule has 8 aromatic carbocycles. The maximum absolute atomic E-state index is 6.65. The summed E-state index contributed by atoms with van der Waals surface area (Å²) in [6, 6.07) is 62.1. The Morgan fingerprint density at radius 1 is 0.347 bits per heavy atom. The second-order valence-electron chi connectivity index (χ2n) is 12.5. The summed E-state index contributed by atoms with van der Waals surface area (Å²) in [7, 11) is 0. The summed E-state index contributed by atoms with van der Waals surface area (Å²) in [6.45, 7) is 0. The van der Waals surface area contributed by atoms with Gasteiger partial charge in [-0.05, 0) is 76.0 Å². The van der Waals surface area contributed by atoms with Gasteiger partial charge in [0, 0.05) is 32.8 Å². The minimum Gasteiger partial charge on any atom is -0.456 e. The van der Waals surface area contributed by atoms with Gasteiger partial charge in [-0.25, -0.2) is 0 Å². The first-order valence-electron chi connectivity index (χ1n) is 16.6. The van der Waals surface area contributed by atoms with E-state index in [1.54, 1.807) is 0 Å². The summed E-state index contributed by atoms with van der Waals surface area (Å²) in [6.07, 6.45) is 0. The van der Waals surface area contributed by atoms with E-state index in [0.717, 1.165) is 72.1 Å². The van der Waals surface area contributed by atoms with E-state index in [2.05, 4.69) is 157 Å². The number of rotatable bonds is 5. The van der Waals surface area contributed by atoms with Gasteiger partial charge in [0.2, 0.25) is 0 Å². The van der Waals surface area contributed by atoms with Crippen molar-refractivity contribution in [3.63, 3.8) is 0 Å². The van der Waals surface area contributed by atoms with Crippen LogP contribution in [0.25, 0.3) is 76.9 Å². The van der Waals surface area contributed by atoms with Crippen LogP contribution in [-0.4, -0.2) is 0 Å². The highest BCUT2D eigenvalue weighted by atomic mass is 16.3. The van der Waals surface area contributed by atoms with Gasteiger partial charge in [0.05, 0.1) is 11.4 Å². The molecule has 0 N–H and O–H groups in total. The third kappa shape index (κ3) is 4.44. The Labute approximate surface area is 282 Å². The van der Waals surface area contributed by atoms with E-state index in [1.807, 2.05) is 24.3 Å². The van der Waals surface area contributed by atoms with Crippen LogP contribution >= 0.6 is 0 Å². The van der Waals surface area contributed by atoms with Crippen LogP contribution in [-0.2, 0) is 0 Å². The van der Waals surface area contributed by atoms with Crippen LogP contribution in [0.5, 0.6) is 0 Å². The first-order valence-corrected chi connectivity index (χ1v) is 16.6. The highest BCUT2D eigenvalue weighted by Crippen LogP contribution is 2.46. The van der Waals surface area contributed by atoms with E-state index in [4.69, 9.17) is 8.83 Å². The zero-order chi connectivity index (χ0) is 32.3. The molecule has 0 aliphatic carbocycles. The summed E-state index contributed by atoms with van der Waals surface area (Å²) in [5, 5.41) is 6.84. The number of hydrogen-bond donors (Lipinski definition) is 0. The lowest BCUT2D eigenvalue weighted by Crippen LogP contribution is -2.11. The number of furan rings is 2. The van der Waals surface area contributed by atoms with Crippen LogP contribution in [0.2, 0.25) is 0 Å². The minimum atomic E-state index is 0.847. The van der Waals surface area contributed by atoms with Crippen LogP contribution in [0.3, 0.4) is 0 Å². The van der Waals surface area contributed by atoms with Crippen molar-refractivity contribution in [2.75, 3.05) is 4.90 Å². The lowest BCUT2D eigenvalue weighted by molar-refractivity contribution is 0.669. The third-order valence-electron chi connectivity index (χ3n) is 9.66. The number of fused-ring (bicyclic) bond motifs is 7. The van der Waals surface area contributed by atoms with Gasteiger partial charge in [0.15, 0.2) is 5.58 Å². The number of anilines is 3. The molecule has 0 bridgehead atoms. The zero-order valence-electron chi connectivity index (χ0n) is 26.5. The van der Waals surface area contributed by atoms with Gasteiger partial charge in [0.25, 0.3) is 0 Å². The number of benzene rings is 8. The normalized spacial score (nSPS) is 11.7. The fourth-order valence-electron chi connectivity index (χ4n) is 7.41. The standard InChI is InChI=1S/C46H29NO2/c1-2-16-34-30(12-1)13-10-20-35(34)31-14-9-15-32(28-31)36-17-3-6-22-41(36)47(33-26-27-45-40(29-33)38-19-5-7-24-43(38)48-45)42-23-11-21-39-37-18-4-8-25-44(37)49-46(39)42/h1-29H. The largest absolute Gasteiger partial charge is 0.456 e. The molecular weight excluding hydrogens is 599 g/mol. The molecule has 3 nitrogen and oxygen atoms in total. The van der Waals surface area contributed by atoms with Crippen LogP contribution in [0.1, 0.15) is 0 Å². The first-order chi connectivity index (χ1) is 24.3. The Morgan fingerprint density at radius 3 is 1.80 bits per heavy atom. The van der Waals surface area contributed by atoms with Crippen molar-refractivity contribution in [2.45, 2.75) is 0 Å². The Kier molecular flexibility index (Phi) is 6.18. The van der Waals surface area contributed by atoms with E-state index < -0.39 is 0 Å². The highest BCUT2D eigenvalue weighted by molar-refractivity contribution is 6.12. The molecule has 10 aromatic rings. The number of para-hydroxylation sites is 4. The summed E-state index contributed by atoms with van der Waals surface area (Å²) < 4.78 is 12.9. The molecule has 3 heteroatoms. The van der Waals surface area contributed by atoms with E-state index in [0.29, 0.717) is 0 Å². The van der Waals surface area contributed by atoms with Crippen molar-refractivity contribution in [3.8, 4) is 22.3 Å². The monoisotopic (exact) mass is 627 g/mol. The number of nitrogens with zero attached hydrogens (tertiary/aromatic N) is 1. The molecule has 2 heterocycles. The third-order valence-corrected chi connectivity index (χ3v) is 9.66. The molecule has 0 amide bonds. The van der Waals surface area contributed by atoms with E-state index in [-0.39, 0.29) is 0 Å². The fourth-order valence-corrected chi connectivity index (χ4v) is 7.41. The lowest BCUT2D eigenvalue weighted by Gasteiger charge is -2.28. The fraction of sp³-hybridized carbons (Fsp3) is 0. The second-order valence-corrected chi connectivity index (χ2v) is 12.5. The quantitative estimate of drug-likeness (QED) is 0.190. The van der Waals surface area contributed by atoms with Crippen LogP contribution < -0.4 is 4.90 Å². The van der Waals surface area contributed by atoms with Gasteiger partial charge in [-0.15, -0.1) is 0 Å². The second kappa shape index (κ2) is 11.0. The zero-order valence-corrected chi connectivity index (χ0v) is 26.5. The molecular formula is C46H29NO2. The van der Waals surface area contributed by atoms with Crippen molar-refractivity contribution in [3.05, 3.63) is 176 Å². The average molecular weight is 628 g/mol. The number of hydrogen-bond acceptors (Lipinski definition) is 3. The predicted octanol–water partition coefficient (Wildman–Crippen LogP) is 13.4. The Balaban J connectivity index is 1.22. The maximum atomic E-state index is 6.65. The van der Waals surface area contributed by atoms with Crippen LogP contribution in [0, 0.1) is 0 Å². The molecule has 0 atom stereocenters. The molecule has 0 fully saturated rings. The summed E-state index contributed by atoms with van der Waals surface area (Å²) in [5.41, 5.74) is 11.2. The molecule has 10 rings (SSSR count). The summed E-state index contributed by atoms with van der Waals surface area (Å²) in [5.74, 6) is 0. The molecule has 0 aliphatic heterocycles. The van der Waals surface area contributed by atoms with Gasteiger partial charge in [0.1, 0.15) is 16.7 Å². The van der Waals surface area contributed by atoms with E-state index in [9.17, 15) is 0 Å². The Hall–Kier alpha value is -6.58. The molecule has 49 heavy (non-hydrogen) atoms. The molecule has 0 saturated carbocycles. The molecule has 0 aliphatic rings. The molecule has 0 saturated heterocycles. The Morgan fingerprint density at radius 2 is 0.918 bits per heavy atom. The molecule has 0 spiro atoms. The van der Waals surface area contributed by atoms with Crippen molar-refractivity contribution < 1.29 is 8.83 Å². The maximum Gasteiger partial charge on any atom is 0.159 e. The van der Waals surface area contributed by atoms with Crippen molar-refractivity contribution in [1.82, 2.24) is 0 Å². The molecule has 0 unspecified atom stereocenters. The summed E-state index contributed by atoms with van der Waals surface area (Å²) >= 11 is 0. The van der Waals surface area contributed by atoms with E-state index >= 15 is 0 Å². The average Bonchev–Trinajstić information content (AvgIpc) is 3.74. The smallest absolute Gasteiger partial charge is 0.159 e. The summed E-state index contributed by atoms with van der Waals surface area (Å²) in [4.78, 5) is 2.34. The Bertz CT molecular complexity index is 2850. The van der Waals surface area contributed by atoms with Crippen molar-refractivity contribution in [1.29, 1.82) is 0 Å². The molecule has 2 aromatic heterocycles. The van der Waals surface area contributed by atoms with Gasteiger partial charge in [-0.1, -0.05) is 127 Å². The predicted molar refractivity (Wildman–Crippen MR) is 204 cm³/mol. The van der Waals surface area contributed by atoms with Crippen molar-refractivity contribution >= 4 is 71.7 Å². The lowest BCUT2D eigenvalue weighted by atomic mass is 9.94. The van der Waals surface area contributed by atoms with E-state index in [1.165, 1.54) is 21.9 Å². The SMILES string of the molecule is c1cc(-c2ccccc2N(c2ccc3oc4ccccc4c3c2)c2cccc3c2oc2ccccc23)cc(-c2cccc3ccccc23)c1. The minimum absolute atomic E-state index is 0.847. The molecule has 230 valence electrons. The van der Waals surface area contributed by atoms with Gasteiger partial charge in [-0.2, -0.15) is 0 Å². The first kappa shape index (κ1) is 27.5. The van der Waals surface area contributed by atoms with Gasteiger partial charge >= 0.3 is 0 Å². The topological polar surface area (TPSA) is 29.5 Å². The van der Waals surface area contributed by atoms with Crippen molar-refractivity contribution in [2.24, 2.45) is 0 Å². The van der Waals surface area contributed by atoms with Crippen LogP contribution in [0.15, 0.2) is 185 Å². The highest BCUT2D eigenvalue weighted by Gasteiger charge is 2.23. The van der Waals surface area contributed by atoms with Gasteiger partial charge < -0.3 is 13.7 Å². The van der Waals surface area contributed by atoms with Gasteiger partial charge in [-0.3, -0.25) is 0 Å². The van der Waals surface area contributed by atoms with Crippen LogP contribution in [0.4, 0.5) is 17.1 Å².